The second kappa shape index (κ2) is 9.69. The lowest BCUT2D eigenvalue weighted by Gasteiger charge is -2.27. The number of aryl methyl sites for hydroxylation is 1. The quantitative estimate of drug-likeness (QED) is 0.474. The lowest BCUT2D eigenvalue weighted by atomic mass is 9.96. The Morgan fingerprint density at radius 3 is 2.66 bits per heavy atom. The van der Waals surface area contributed by atoms with E-state index in [0.717, 1.165) is 35.3 Å². The topological polar surface area (TPSA) is 78.8 Å². The molecule has 3 N–H and O–H groups in total. The average molecular weight is 456 g/mol. The number of ether oxygens (including phenoxy) is 1. The highest BCUT2D eigenvalue weighted by molar-refractivity contribution is 6.30. The summed E-state index contributed by atoms with van der Waals surface area (Å²) in [6.45, 7) is 0.715. The molecule has 7 heteroatoms. The first-order valence-electron chi connectivity index (χ1n) is 10.4. The van der Waals surface area contributed by atoms with Crippen LogP contribution in [0.1, 0.15) is 34.0 Å². The lowest BCUT2D eigenvalue weighted by molar-refractivity contribution is 0.0697. The number of aromatic carboxylic acids is 1. The second-order valence-electron chi connectivity index (χ2n) is 7.80. The van der Waals surface area contributed by atoms with Gasteiger partial charge in [-0.2, -0.15) is 0 Å². The van der Waals surface area contributed by atoms with Crippen LogP contribution >= 0.6 is 11.6 Å². The van der Waals surface area contributed by atoms with Gasteiger partial charge in [-0.1, -0.05) is 41.9 Å². The van der Waals surface area contributed by atoms with Gasteiger partial charge in [0.15, 0.2) is 0 Å². The molecule has 0 saturated carbocycles. The van der Waals surface area contributed by atoms with Crippen molar-refractivity contribution < 1.29 is 24.1 Å². The molecule has 1 aliphatic rings. The van der Waals surface area contributed by atoms with Gasteiger partial charge in [0.2, 0.25) is 0 Å². The average Bonchev–Trinajstić information content (AvgIpc) is 2.80. The SMILES string of the molecule is O=C(O)c1ccc(-c2ccc3c(c2)CCC(CNCC(O)c2cccc(Cl)c2F)O3)cc1. The van der Waals surface area contributed by atoms with E-state index in [-0.39, 0.29) is 28.8 Å². The van der Waals surface area contributed by atoms with Crippen LogP contribution in [0.3, 0.4) is 0 Å². The first kappa shape index (κ1) is 22.3. The predicted molar refractivity (Wildman–Crippen MR) is 121 cm³/mol. The Bertz CT molecular complexity index is 1120. The van der Waals surface area contributed by atoms with Gasteiger partial charge in [0.25, 0.3) is 0 Å². The number of carboxylic acids is 1. The van der Waals surface area contributed by atoms with Crippen molar-refractivity contribution in [2.45, 2.75) is 25.0 Å². The summed E-state index contributed by atoms with van der Waals surface area (Å²) in [5.74, 6) is -0.727. The van der Waals surface area contributed by atoms with E-state index in [1.165, 1.54) is 12.1 Å². The molecule has 1 heterocycles. The van der Waals surface area contributed by atoms with Crippen LogP contribution in [0.2, 0.25) is 5.02 Å². The molecule has 0 saturated heterocycles. The van der Waals surface area contributed by atoms with Gasteiger partial charge in [0.1, 0.15) is 17.7 Å². The molecule has 0 amide bonds. The zero-order valence-corrected chi connectivity index (χ0v) is 18.0. The van der Waals surface area contributed by atoms with E-state index in [1.54, 1.807) is 30.3 Å². The number of hydrogen-bond donors (Lipinski definition) is 3. The van der Waals surface area contributed by atoms with Crippen LogP contribution in [-0.2, 0) is 6.42 Å². The van der Waals surface area contributed by atoms with Crippen LogP contribution in [0.5, 0.6) is 5.75 Å². The zero-order chi connectivity index (χ0) is 22.7. The molecule has 0 spiro atoms. The highest BCUT2D eigenvalue weighted by atomic mass is 35.5. The highest BCUT2D eigenvalue weighted by Gasteiger charge is 2.21. The summed E-state index contributed by atoms with van der Waals surface area (Å²) in [6.07, 6.45) is 0.594. The summed E-state index contributed by atoms with van der Waals surface area (Å²) in [4.78, 5) is 11.0. The molecule has 0 bridgehead atoms. The third-order valence-corrected chi connectivity index (χ3v) is 5.90. The molecule has 0 radical (unpaired) electrons. The standard InChI is InChI=1S/C25H23ClFNO4/c26-21-3-1-2-20(24(21)27)22(29)14-28-13-19-10-8-18-12-17(9-11-23(18)32-19)15-4-6-16(7-5-15)25(30)31/h1-7,9,11-12,19,22,28-29H,8,10,13-14H2,(H,30,31). The molecule has 3 aromatic carbocycles. The van der Waals surface area contributed by atoms with Gasteiger partial charge in [-0.25, -0.2) is 9.18 Å². The van der Waals surface area contributed by atoms with E-state index in [4.69, 9.17) is 21.4 Å². The first-order chi connectivity index (χ1) is 15.4. The molecular weight excluding hydrogens is 433 g/mol. The Labute approximate surface area is 190 Å². The minimum absolute atomic E-state index is 0.00836. The van der Waals surface area contributed by atoms with Crippen LogP contribution in [0.4, 0.5) is 4.39 Å². The van der Waals surface area contributed by atoms with Gasteiger partial charge < -0.3 is 20.3 Å². The molecular formula is C25H23ClFNO4. The van der Waals surface area contributed by atoms with E-state index < -0.39 is 17.9 Å². The molecule has 0 aliphatic carbocycles. The molecule has 32 heavy (non-hydrogen) atoms. The van der Waals surface area contributed by atoms with Crippen LogP contribution < -0.4 is 10.1 Å². The molecule has 2 unspecified atom stereocenters. The Morgan fingerprint density at radius 2 is 1.91 bits per heavy atom. The maximum Gasteiger partial charge on any atom is 0.335 e. The van der Waals surface area contributed by atoms with E-state index in [2.05, 4.69) is 11.4 Å². The van der Waals surface area contributed by atoms with E-state index in [1.807, 2.05) is 12.1 Å². The molecule has 4 rings (SSSR count). The summed E-state index contributed by atoms with van der Waals surface area (Å²) in [5.41, 5.74) is 3.48. The fraction of sp³-hybridized carbons (Fsp3) is 0.240. The third kappa shape index (κ3) is 4.93. The summed E-state index contributed by atoms with van der Waals surface area (Å²) < 4.78 is 20.1. The minimum Gasteiger partial charge on any atom is -0.489 e. The summed E-state index contributed by atoms with van der Waals surface area (Å²) in [6, 6.07) is 17.3. The molecule has 3 aromatic rings. The maximum atomic E-state index is 14.0. The number of aliphatic hydroxyl groups excluding tert-OH is 1. The van der Waals surface area contributed by atoms with Crippen LogP contribution in [0.25, 0.3) is 11.1 Å². The Hall–Kier alpha value is -2.93. The fourth-order valence-corrected chi connectivity index (χ4v) is 4.02. The normalized spacial score (nSPS) is 16.2. The van der Waals surface area contributed by atoms with Gasteiger partial charge in [0, 0.05) is 18.7 Å². The van der Waals surface area contributed by atoms with E-state index in [0.29, 0.717) is 6.54 Å². The Kier molecular flexibility index (Phi) is 6.74. The number of hydrogen-bond acceptors (Lipinski definition) is 4. The van der Waals surface area contributed by atoms with Gasteiger partial charge >= 0.3 is 5.97 Å². The maximum absolute atomic E-state index is 14.0. The van der Waals surface area contributed by atoms with Gasteiger partial charge in [-0.3, -0.25) is 0 Å². The Morgan fingerprint density at radius 1 is 1.16 bits per heavy atom. The molecule has 0 aromatic heterocycles. The van der Waals surface area contributed by atoms with E-state index in [9.17, 15) is 14.3 Å². The van der Waals surface area contributed by atoms with Crippen molar-refractivity contribution in [1.29, 1.82) is 0 Å². The summed E-state index contributed by atoms with van der Waals surface area (Å²) in [5, 5.41) is 22.5. The second-order valence-corrected chi connectivity index (χ2v) is 8.21. The number of halogens is 2. The molecule has 166 valence electrons. The van der Waals surface area contributed by atoms with Crippen LogP contribution in [0, 0.1) is 5.82 Å². The van der Waals surface area contributed by atoms with Crippen molar-refractivity contribution in [3.8, 4) is 16.9 Å². The van der Waals surface area contributed by atoms with Crippen molar-refractivity contribution in [3.05, 3.63) is 88.2 Å². The molecule has 2 atom stereocenters. The monoisotopic (exact) mass is 455 g/mol. The smallest absolute Gasteiger partial charge is 0.335 e. The number of nitrogens with one attached hydrogen (secondary N) is 1. The molecule has 1 aliphatic heterocycles. The van der Waals surface area contributed by atoms with E-state index >= 15 is 0 Å². The van der Waals surface area contributed by atoms with Crippen molar-refractivity contribution in [3.63, 3.8) is 0 Å². The number of fused-ring (bicyclic) bond motifs is 1. The number of carbonyl (C=O) groups is 1. The zero-order valence-electron chi connectivity index (χ0n) is 17.2. The van der Waals surface area contributed by atoms with Crippen molar-refractivity contribution in [2.75, 3.05) is 13.1 Å². The summed E-state index contributed by atoms with van der Waals surface area (Å²) >= 11 is 5.78. The number of rotatable bonds is 7. The van der Waals surface area contributed by atoms with Crippen LogP contribution in [0.15, 0.2) is 60.7 Å². The van der Waals surface area contributed by atoms with Crippen molar-refractivity contribution in [2.24, 2.45) is 0 Å². The number of aliphatic hydroxyl groups is 1. The molecule has 5 nitrogen and oxygen atoms in total. The van der Waals surface area contributed by atoms with Crippen LogP contribution in [-0.4, -0.2) is 35.4 Å². The summed E-state index contributed by atoms with van der Waals surface area (Å²) in [7, 11) is 0. The third-order valence-electron chi connectivity index (χ3n) is 5.61. The predicted octanol–water partition coefficient (Wildman–Crippen LogP) is 4.86. The number of carboxylic acid groups (broad SMARTS) is 1. The minimum atomic E-state index is -1.00. The molecule has 0 fully saturated rings. The van der Waals surface area contributed by atoms with Crippen molar-refractivity contribution >= 4 is 17.6 Å². The number of benzene rings is 3. The van der Waals surface area contributed by atoms with Gasteiger partial charge in [-0.15, -0.1) is 0 Å². The lowest BCUT2D eigenvalue weighted by Crippen LogP contribution is -2.36. The Balaban J connectivity index is 1.34. The largest absolute Gasteiger partial charge is 0.489 e. The van der Waals surface area contributed by atoms with Gasteiger partial charge in [-0.05, 0) is 59.9 Å². The van der Waals surface area contributed by atoms with Crippen molar-refractivity contribution in [1.82, 2.24) is 5.32 Å². The first-order valence-corrected chi connectivity index (χ1v) is 10.8. The fourth-order valence-electron chi connectivity index (χ4n) is 3.84. The van der Waals surface area contributed by atoms with Gasteiger partial charge in [0.05, 0.1) is 16.7 Å². The highest BCUT2D eigenvalue weighted by Crippen LogP contribution is 2.32.